The molecule has 0 aliphatic carbocycles. The zero-order chi connectivity index (χ0) is 16.0. The Morgan fingerprint density at radius 2 is 2.10 bits per heavy atom. The molecule has 0 fully saturated rings. The van der Waals surface area contributed by atoms with E-state index in [-0.39, 0.29) is 11.1 Å². The van der Waals surface area contributed by atoms with Crippen LogP contribution < -0.4 is 5.32 Å². The average molecular weight is 318 g/mol. The van der Waals surface area contributed by atoms with Crippen molar-refractivity contribution >= 4 is 10.0 Å². The number of sulfonamides is 1. The van der Waals surface area contributed by atoms with Crippen molar-refractivity contribution in [3.8, 4) is 0 Å². The minimum Gasteiger partial charge on any atom is -0.385 e. The second kappa shape index (κ2) is 7.88. The number of aromatic amines is 1. The summed E-state index contributed by atoms with van der Waals surface area (Å²) in [6.07, 6.45) is 0.648. The molecule has 7 nitrogen and oxygen atoms in total. The molecule has 0 unspecified atom stereocenters. The van der Waals surface area contributed by atoms with Gasteiger partial charge in [-0.05, 0) is 13.3 Å². The maximum atomic E-state index is 12.6. The Bertz CT molecular complexity index is 540. The van der Waals surface area contributed by atoms with Crippen LogP contribution in [0.4, 0.5) is 0 Å². The summed E-state index contributed by atoms with van der Waals surface area (Å²) in [6.45, 7) is 7.26. The minimum absolute atomic E-state index is 0.105. The Kier molecular flexibility index (Phi) is 6.79. The molecular weight excluding hydrogens is 292 g/mol. The molecule has 0 aromatic carbocycles. The van der Waals surface area contributed by atoms with Crippen LogP contribution >= 0.6 is 0 Å². The van der Waals surface area contributed by atoms with Crippen LogP contribution in [-0.2, 0) is 21.3 Å². The molecule has 0 aliphatic rings. The molecule has 0 saturated heterocycles. The molecule has 1 aromatic heterocycles. The number of nitrogens with zero attached hydrogens (tertiary/aromatic N) is 2. The fraction of sp³-hybridized carbons (Fsp3) is 0.769. The van der Waals surface area contributed by atoms with E-state index >= 15 is 0 Å². The van der Waals surface area contributed by atoms with Crippen LogP contribution in [0.15, 0.2) is 5.03 Å². The fourth-order valence-corrected chi connectivity index (χ4v) is 3.22. The van der Waals surface area contributed by atoms with E-state index in [2.05, 4.69) is 15.5 Å². The quantitative estimate of drug-likeness (QED) is 0.660. The molecule has 122 valence electrons. The minimum atomic E-state index is -3.58. The Hall–Kier alpha value is -0.960. The highest BCUT2D eigenvalue weighted by atomic mass is 32.2. The first-order valence-electron chi connectivity index (χ1n) is 7.03. The van der Waals surface area contributed by atoms with Gasteiger partial charge in [-0.15, -0.1) is 0 Å². The van der Waals surface area contributed by atoms with Crippen LogP contribution in [0.5, 0.6) is 0 Å². The van der Waals surface area contributed by atoms with E-state index in [4.69, 9.17) is 4.74 Å². The van der Waals surface area contributed by atoms with Crippen LogP contribution in [-0.4, -0.2) is 56.3 Å². The van der Waals surface area contributed by atoms with E-state index in [0.29, 0.717) is 31.7 Å². The molecule has 21 heavy (non-hydrogen) atoms. The van der Waals surface area contributed by atoms with Gasteiger partial charge in [0.2, 0.25) is 0 Å². The lowest BCUT2D eigenvalue weighted by Crippen LogP contribution is -2.30. The molecule has 8 heteroatoms. The molecule has 1 aromatic rings. The number of methoxy groups -OCH3 is 1. The van der Waals surface area contributed by atoms with Crippen molar-refractivity contribution < 1.29 is 13.2 Å². The third kappa shape index (κ3) is 4.77. The van der Waals surface area contributed by atoms with E-state index in [1.807, 2.05) is 20.8 Å². The molecule has 1 heterocycles. The average Bonchev–Trinajstić information content (AvgIpc) is 2.78. The molecule has 0 aliphatic heterocycles. The lowest BCUT2D eigenvalue weighted by atomic mass is 10.2. The highest BCUT2D eigenvalue weighted by molar-refractivity contribution is 7.89. The maximum Gasteiger partial charge on any atom is 0.262 e. The molecule has 1 rings (SSSR count). The van der Waals surface area contributed by atoms with Crippen LogP contribution in [0.3, 0.4) is 0 Å². The first-order valence-corrected chi connectivity index (χ1v) is 8.47. The van der Waals surface area contributed by atoms with Gasteiger partial charge in [0, 0.05) is 51.2 Å². The highest BCUT2D eigenvalue weighted by Crippen LogP contribution is 2.19. The Balaban J connectivity index is 2.92. The molecule has 0 radical (unpaired) electrons. The Labute approximate surface area is 127 Å². The van der Waals surface area contributed by atoms with Crippen molar-refractivity contribution in [3.05, 3.63) is 11.3 Å². The standard InChI is InChI=1S/C13H26N4O3S/c1-10(2)14-9-12-11(3)15-16-13(12)21(18,19)17(4)7-6-8-20-5/h10,14H,6-9H2,1-5H3,(H,15,16). The lowest BCUT2D eigenvalue weighted by Gasteiger charge is -2.17. The molecule has 0 spiro atoms. The molecule has 0 amide bonds. The monoisotopic (exact) mass is 318 g/mol. The Morgan fingerprint density at radius 1 is 1.43 bits per heavy atom. The van der Waals surface area contributed by atoms with Crippen LogP contribution in [0, 0.1) is 6.92 Å². The summed E-state index contributed by atoms with van der Waals surface area (Å²) in [5, 5.41) is 10.1. The first kappa shape index (κ1) is 18.1. The second-order valence-electron chi connectivity index (χ2n) is 5.34. The van der Waals surface area contributed by atoms with Crippen LogP contribution in [0.25, 0.3) is 0 Å². The SMILES string of the molecule is COCCCN(C)S(=O)(=O)c1n[nH]c(C)c1CNC(C)C. The Morgan fingerprint density at radius 3 is 2.67 bits per heavy atom. The van der Waals surface area contributed by atoms with Crippen molar-refractivity contribution in [2.75, 3.05) is 27.3 Å². The number of hydrogen-bond donors (Lipinski definition) is 2. The van der Waals surface area contributed by atoms with Gasteiger partial charge in [-0.25, -0.2) is 8.42 Å². The summed E-state index contributed by atoms with van der Waals surface area (Å²) in [5.41, 5.74) is 1.47. The summed E-state index contributed by atoms with van der Waals surface area (Å²) in [6, 6.07) is 0.272. The van der Waals surface area contributed by atoms with Gasteiger partial charge in [0.1, 0.15) is 0 Å². The van der Waals surface area contributed by atoms with Gasteiger partial charge < -0.3 is 10.1 Å². The third-order valence-electron chi connectivity index (χ3n) is 3.20. The maximum absolute atomic E-state index is 12.6. The highest BCUT2D eigenvalue weighted by Gasteiger charge is 2.27. The van der Waals surface area contributed by atoms with E-state index in [0.717, 1.165) is 5.69 Å². The van der Waals surface area contributed by atoms with Gasteiger partial charge >= 0.3 is 0 Å². The predicted octanol–water partition coefficient (Wildman–Crippen LogP) is 0.873. The number of aromatic nitrogens is 2. The fourth-order valence-electron chi connectivity index (χ4n) is 1.86. The van der Waals surface area contributed by atoms with Crippen molar-refractivity contribution in [3.63, 3.8) is 0 Å². The van der Waals surface area contributed by atoms with Gasteiger partial charge in [-0.2, -0.15) is 9.40 Å². The normalized spacial score (nSPS) is 12.5. The summed E-state index contributed by atoms with van der Waals surface area (Å²) in [5.74, 6) is 0. The predicted molar refractivity (Wildman–Crippen MR) is 81.6 cm³/mol. The van der Waals surface area contributed by atoms with E-state index in [9.17, 15) is 8.42 Å². The zero-order valence-corrected chi connectivity index (χ0v) is 14.2. The van der Waals surface area contributed by atoms with Gasteiger partial charge in [-0.1, -0.05) is 13.8 Å². The summed E-state index contributed by atoms with van der Waals surface area (Å²) in [7, 11) is -0.419. The number of nitrogens with one attached hydrogen (secondary N) is 2. The number of H-pyrrole nitrogens is 1. The summed E-state index contributed by atoms with van der Waals surface area (Å²) in [4.78, 5) is 0. The van der Waals surface area contributed by atoms with Crippen molar-refractivity contribution in [1.82, 2.24) is 19.8 Å². The lowest BCUT2D eigenvalue weighted by molar-refractivity contribution is 0.189. The zero-order valence-electron chi connectivity index (χ0n) is 13.4. The van der Waals surface area contributed by atoms with E-state index in [1.165, 1.54) is 4.31 Å². The van der Waals surface area contributed by atoms with Crippen molar-refractivity contribution in [2.24, 2.45) is 0 Å². The van der Waals surface area contributed by atoms with Crippen molar-refractivity contribution in [2.45, 2.75) is 44.8 Å². The third-order valence-corrected chi connectivity index (χ3v) is 5.03. The molecule has 0 saturated carbocycles. The van der Waals surface area contributed by atoms with Crippen LogP contribution in [0.1, 0.15) is 31.5 Å². The van der Waals surface area contributed by atoms with Crippen molar-refractivity contribution in [1.29, 1.82) is 0 Å². The number of hydrogen-bond acceptors (Lipinski definition) is 5. The molecule has 0 atom stereocenters. The van der Waals surface area contributed by atoms with Gasteiger partial charge in [0.25, 0.3) is 10.0 Å². The van der Waals surface area contributed by atoms with E-state index in [1.54, 1.807) is 14.2 Å². The van der Waals surface area contributed by atoms with Gasteiger partial charge in [0.05, 0.1) is 0 Å². The number of rotatable bonds is 9. The first-order chi connectivity index (χ1) is 9.80. The topological polar surface area (TPSA) is 87.3 Å². The van der Waals surface area contributed by atoms with E-state index < -0.39 is 10.0 Å². The smallest absolute Gasteiger partial charge is 0.262 e. The summed E-state index contributed by atoms with van der Waals surface area (Å²) < 4.78 is 31.4. The molecular formula is C13H26N4O3S. The summed E-state index contributed by atoms with van der Waals surface area (Å²) >= 11 is 0. The molecule has 0 bridgehead atoms. The molecule has 2 N–H and O–H groups in total. The largest absolute Gasteiger partial charge is 0.385 e. The van der Waals surface area contributed by atoms with Gasteiger partial charge in [-0.3, -0.25) is 5.10 Å². The number of aryl methyl sites for hydroxylation is 1. The van der Waals surface area contributed by atoms with Gasteiger partial charge in [0.15, 0.2) is 5.03 Å². The number of ether oxygens (including phenoxy) is 1. The van der Waals surface area contributed by atoms with Crippen LogP contribution in [0.2, 0.25) is 0 Å². The second-order valence-corrected chi connectivity index (χ2v) is 7.30.